The first-order chi connectivity index (χ1) is 6.07. The highest BCUT2D eigenvalue weighted by molar-refractivity contribution is 9.10. The lowest BCUT2D eigenvalue weighted by atomic mass is 10.2. The van der Waals surface area contributed by atoms with Crippen molar-refractivity contribution < 1.29 is 19.0 Å². The summed E-state index contributed by atoms with van der Waals surface area (Å²) in [6, 6.07) is 2.37. The minimum atomic E-state index is -0.906. The van der Waals surface area contributed by atoms with Crippen LogP contribution in [-0.2, 0) is 4.74 Å². The second-order valence-corrected chi connectivity index (χ2v) is 3.10. The van der Waals surface area contributed by atoms with Gasteiger partial charge in [-0.2, -0.15) is 0 Å². The molecule has 1 N–H and O–H groups in total. The lowest BCUT2D eigenvalue weighted by Crippen LogP contribution is -2.04. The summed E-state index contributed by atoms with van der Waals surface area (Å²) in [5.74, 6) is -2.17. The van der Waals surface area contributed by atoms with Crippen molar-refractivity contribution in [3.63, 3.8) is 0 Å². The van der Waals surface area contributed by atoms with Gasteiger partial charge in [-0.25, -0.2) is 9.18 Å². The number of halogens is 2. The van der Waals surface area contributed by atoms with E-state index in [0.717, 1.165) is 13.2 Å². The molecule has 0 amide bonds. The molecule has 0 unspecified atom stereocenters. The van der Waals surface area contributed by atoms with Gasteiger partial charge < -0.3 is 9.84 Å². The maximum atomic E-state index is 13.0. The number of hydrogen-bond acceptors (Lipinski definition) is 3. The van der Waals surface area contributed by atoms with Gasteiger partial charge in [0.05, 0.1) is 11.6 Å². The van der Waals surface area contributed by atoms with Crippen molar-refractivity contribution in [2.45, 2.75) is 0 Å². The van der Waals surface area contributed by atoms with Gasteiger partial charge in [0, 0.05) is 0 Å². The Hall–Kier alpha value is -1.10. The maximum absolute atomic E-state index is 13.0. The molecule has 0 aliphatic carbocycles. The zero-order valence-corrected chi connectivity index (χ0v) is 8.26. The molecule has 13 heavy (non-hydrogen) atoms. The largest absolute Gasteiger partial charge is 0.506 e. The summed E-state index contributed by atoms with van der Waals surface area (Å²) in [5.41, 5.74) is -0.461. The average Bonchev–Trinajstić information content (AvgIpc) is 2.12. The molecule has 0 radical (unpaired) electrons. The highest BCUT2D eigenvalue weighted by Crippen LogP contribution is 2.29. The van der Waals surface area contributed by atoms with Gasteiger partial charge in [0.15, 0.2) is 0 Å². The number of esters is 1. The van der Waals surface area contributed by atoms with E-state index in [9.17, 15) is 14.3 Å². The van der Waals surface area contributed by atoms with Gasteiger partial charge in [-0.15, -0.1) is 0 Å². The molecule has 0 heterocycles. The normalized spacial score (nSPS) is 9.77. The Morgan fingerprint density at radius 2 is 2.23 bits per heavy atom. The summed E-state index contributed by atoms with van der Waals surface area (Å²) in [6.45, 7) is 0. The van der Waals surface area contributed by atoms with E-state index >= 15 is 0 Å². The SMILES string of the molecule is COC(=O)c1c(F)ccc(Br)c1O. The Kier molecular flexibility index (Phi) is 2.87. The lowest BCUT2D eigenvalue weighted by molar-refractivity contribution is 0.0592. The second kappa shape index (κ2) is 3.74. The number of carbonyl (C=O) groups is 1. The summed E-state index contributed by atoms with van der Waals surface area (Å²) >= 11 is 2.95. The molecule has 0 saturated heterocycles. The van der Waals surface area contributed by atoms with Crippen molar-refractivity contribution in [3.05, 3.63) is 28.0 Å². The fourth-order valence-electron chi connectivity index (χ4n) is 0.837. The van der Waals surface area contributed by atoms with E-state index in [0.29, 0.717) is 0 Å². The minimum absolute atomic E-state index is 0.245. The van der Waals surface area contributed by atoms with E-state index in [1.54, 1.807) is 0 Å². The van der Waals surface area contributed by atoms with Crippen molar-refractivity contribution in [1.82, 2.24) is 0 Å². The van der Waals surface area contributed by atoms with Crippen LogP contribution in [0, 0.1) is 5.82 Å². The van der Waals surface area contributed by atoms with Crippen LogP contribution in [0.3, 0.4) is 0 Å². The predicted octanol–water partition coefficient (Wildman–Crippen LogP) is 2.08. The third-order valence-corrected chi connectivity index (χ3v) is 2.11. The molecule has 1 aromatic rings. The molecular weight excluding hydrogens is 243 g/mol. The topological polar surface area (TPSA) is 46.5 Å². The standard InChI is InChI=1S/C8H6BrFO3/c1-13-8(12)6-5(10)3-2-4(9)7(6)11/h2-3,11H,1H3. The first-order valence-corrected chi connectivity index (χ1v) is 4.12. The molecule has 1 rings (SSSR count). The van der Waals surface area contributed by atoms with Crippen LogP contribution in [0.2, 0.25) is 0 Å². The van der Waals surface area contributed by atoms with Crippen molar-refractivity contribution in [3.8, 4) is 5.75 Å². The molecule has 0 aromatic heterocycles. The predicted molar refractivity (Wildman–Crippen MR) is 47.1 cm³/mol. The molecule has 5 heteroatoms. The quantitative estimate of drug-likeness (QED) is 0.775. The zero-order chi connectivity index (χ0) is 10.0. The van der Waals surface area contributed by atoms with Crippen molar-refractivity contribution in [2.75, 3.05) is 7.11 Å². The van der Waals surface area contributed by atoms with Crippen LogP contribution in [0.15, 0.2) is 16.6 Å². The second-order valence-electron chi connectivity index (χ2n) is 2.24. The smallest absolute Gasteiger partial charge is 0.344 e. The molecule has 3 nitrogen and oxygen atoms in total. The van der Waals surface area contributed by atoms with Crippen LogP contribution < -0.4 is 0 Å². The summed E-state index contributed by atoms with van der Waals surface area (Å²) in [6.07, 6.45) is 0. The number of aromatic hydroxyl groups is 1. The molecule has 0 atom stereocenters. The Morgan fingerprint density at radius 3 is 2.77 bits per heavy atom. The molecule has 0 fully saturated rings. The molecule has 0 bridgehead atoms. The van der Waals surface area contributed by atoms with Crippen molar-refractivity contribution >= 4 is 21.9 Å². The Morgan fingerprint density at radius 1 is 1.62 bits per heavy atom. The molecule has 0 aliphatic heterocycles. The molecule has 70 valence electrons. The van der Waals surface area contributed by atoms with E-state index in [2.05, 4.69) is 20.7 Å². The zero-order valence-electron chi connectivity index (χ0n) is 6.67. The van der Waals surface area contributed by atoms with Crippen LogP contribution >= 0.6 is 15.9 Å². The number of phenolic OH excluding ortho intramolecular Hbond substituents is 1. The summed E-state index contributed by atoms with van der Waals surface area (Å²) in [4.78, 5) is 11.0. The number of ether oxygens (including phenoxy) is 1. The number of methoxy groups -OCH3 is 1. The molecule has 0 aliphatic rings. The van der Waals surface area contributed by atoms with Gasteiger partial charge in [-0.3, -0.25) is 0 Å². The number of benzene rings is 1. The monoisotopic (exact) mass is 248 g/mol. The van der Waals surface area contributed by atoms with Crippen molar-refractivity contribution in [2.24, 2.45) is 0 Å². The van der Waals surface area contributed by atoms with Gasteiger partial charge in [-0.05, 0) is 28.1 Å². The van der Waals surface area contributed by atoms with Crippen LogP contribution in [0.1, 0.15) is 10.4 Å². The van der Waals surface area contributed by atoms with E-state index in [4.69, 9.17) is 0 Å². The first-order valence-electron chi connectivity index (χ1n) is 3.33. The highest BCUT2D eigenvalue weighted by Gasteiger charge is 2.19. The van der Waals surface area contributed by atoms with E-state index < -0.39 is 23.1 Å². The summed E-state index contributed by atoms with van der Waals surface area (Å²) < 4.78 is 17.5. The molecular formula is C8H6BrFO3. The number of phenols is 1. The van der Waals surface area contributed by atoms with Gasteiger partial charge in [0.25, 0.3) is 0 Å². The van der Waals surface area contributed by atoms with Crippen LogP contribution in [-0.4, -0.2) is 18.2 Å². The number of carbonyl (C=O) groups excluding carboxylic acids is 1. The van der Waals surface area contributed by atoms with Crippen molar-refractivity contribution in [1.29, 1.82) is 0 Å². The fourth-order valence-corrected chi connectivity index (χ4v) is 1.17. The van der Waals surface area contributed by atoms with Gasteiger partial charge in [-0.1, -0.05) is 0 Å². The Balaban J connectivity index is 3.33. The third kappa shape index (κ3) is 1.80. The Labute approximate surface area is 82.3 Å². The summed E-state index contributed by atoms with van der Waals surface area (Å²) in [5, 5.41) is 9.29. The average molecular weight is 249 g/mol. The van der Waals surface area contributed by atoms with E-state index in [1.807, 2.05) is 0 Å². The first kappa shape index (κ1) is 9.98. The summed E-state index contributed by atoms with van der Waals surface area (Å²) in [7, 11) is 1.11. The fraction of sp³-hybridized carbons (Fsp3) is 0.125. The van der Waals surface area contributed by atoms with Gasteiger partial charge in [0.1, 0.15) is 17.1 Å². The van der Waals surface area contributed by atoms with Gasteiger partial charge >= 0.3 is 5.97 Å². The molecule has 1 aromatic carbocycles. The van der Waals surface area contributed by atoms with Crippen LogP contribution in [0.25, 0.3) is 0 Å². The number of rotatable bonds is 1. The van der Waals surface area contributed by atoms with E-state index in [-0.39, 0.29) is 4.47 Å². The highest BCUT2D eigenvalue weighted by atomic mass is 79.9. The molecule has 0 saturated carbocycles. The van der Waals surface area contributed by atoms with E-state index in [1.165, 1.54) is 6.07 Å². The van der Waals surface area contributed by atoms with Gasteiger partial charge in [0.2, 0.25) is 0 Å². The maximum Gasteiger partial charge on any atom is 0.344 e. The lowest BCUT2D eigenvalue weighted by Gasteiger charge is -2.04. The third-order valence-electron chi connectivity index (χ3n) is 1.47. The van der Waals surface area contributed by atoms with Crippen LogP contribution in [0.4, 0.5) is 4.39 Å². The molecule has 0 spiro atoms. The van der Waals surface area contributed by atoms with Crippen LogP contribution in [0.5, 0.6) is 5.75 Å². The number of hydrogen-bond donors (Lipinski definition) is 1. The Bertz CT molecular complexity index is 351. The minimum Gasteiger partial charge on any atom is -0.506 e.